The van der Waals surface area contributed by atoms with Crippen LogP contribution in [-0.4, -0.2) is 53.0 Å². The molecule has 0 aromatic heterocycles. The van der Waals surface area contributed by atoms with Crippen LogP contribution in [0.15, 0.2) is 0 Å². The lowest BCUT2D eigenvalue weighted by Gasteiger charge is -2.36. The zero-order chi connectivity index (χ0) is 15.2. The predicted molar refractivity (Wildman–Crippen MR) is 84.3 cm³/mol. The van der Waals surface area contributed by atoms with E-state index < -0.39 is 11.9 Å². The number of rotatable bonds is 6. The highest BCUT2D eigenvalue weighted by Gasteiger charge is 2.25. The molecular weight excluding hydrogens is 339 g/mol. The van der Waals surface area contributed by atoms with Gasteiger partial charge in [-0.15, -0.1) is 11.8 Å². The molecule has 0 bridgehead atoms. The van der Waals surface area contributed by atoms with Gasteiger partial charge < -0.3 is 5.21 Å². The Hall–Kier alpha value is 0.570. The summed E-state index contributed by atoms with van der Waals surface area (Å²) >= 11 is 13.6. The topological polar surface area (TPSA) is 116 Å². The van der Waals surface area contributed by atoms with Crippen LogP contribution in [0.5, 0.6) is 0 Å². The fraction of sp³-hybridized carbons (Fsp3) is 1.00. The number of hydrogen-bond donors (Lipinski definition) is 9. The molecule has 2 saturated heterocycles. The summed E-state index contributed by atoms with van der Waals surface area (Å²) in [6, 6.07) is 0. The average molecular weight is 361 g/mol. The van der Waals surface area contributed by atoms with E-state index in [9.17, 15) is 0 Å². The SMILES string of the molecule is CC1NC(Cl)NC(NCCSC2NC(Cl)NC(NO)N2)N1. The number of thioether (sulfide) groups is 1. The van der Waals surface area contributed by atoms with E-state index in [1.807, 2.05) is 6.92 Å². The van der Waals surface area contributed by atoms with Crippen molar-refractivity contribution in [3.63, 3.8) is 0 Å². The molecule has 0 aromatic carbocycles. The van der Waals surface area contributed by atoms with Crippen LogP contribution < -0.4 is 42.7 Å². The maximum Gasteiger partial charge on any atom is 0.139 e. The first-order valence-electron chi connectivity index (χ1n) is 6.66. The lowest BCUT2D eigenvalue weighted by molar-refractivity contribution is 0.0710. The van der Waals surface area contributed by atoms with Gasteiger partial charge in [-0.25, -0.2) is 0 Å². The fourth-order valence-corrected chi connectivity index (χ4v) is 3.58. The number of hydrogen-bond acceptors (Lipinski definition) is 10. The van der Waals surface area contributed by atoms with Gasteiger partial charge in [0.25, 0.3) is 0 Å². The van der Waals surface area contributed by atoms with E-state index in [4.69, 9.17) is 28.4 Å². The van der Waals surface area contributed by atoms with Crippen LogP contribution in [-0.2, 0) is 0 Å². The van der Waals surface area contributed by atoms with E-state index in [0.29, 0.717) is 0 Å². The van der Waals surface area contributed by atoms with Gasteiger partial charge in [-0.2, -0.15) is 5.48 Å². The molecule has 6 unspecified atom stereocenters. The Kier molecular flexibility index (Phi) is 7.69. The van der Waals surface area contributed by atoms with Crippen molar-refractivity contribution in [1.29, 1.82) is 0 Å². The van der Waals surface area contributed by atoms with E-state index in [-0.39, 0.29) is 23.6 Å². The summed E-state index contributed by atoms with van der Waals surface area (Å²) in [6.45, 7) is 2.79. The summed E-state index contributed by atoms with van der Waals surface area (Å²) in [6.07, 6.45) is -0.337. The quantitative estimate of drug-likeness (QED) is 0.115. The maximum atomic E-state index is 8.90. The Morgan fingerprint density at radius 1 is 1.00 bits per heavy atom. The fourth-order valence-electron chi connectivity index (χ4n) is 2.00. The summed E-state index contributed by atoms with van der Waals surface area (Å²) in [7, 11) is 0. The maximum absolute atomic E-state index is 8.90. The van der Waals surface area contributed by atoms with Gasteiger partial charge >= 0.3 is 0 Å². The van der Waals surface area contributed by atoms with Crippen molar-refractivity contribution < 1.29 is 5.21 Å². The number of alkyl halides is 2. The Labute approximate surface area is 138 Å². The molecule has 0 aromatic rings. The van der Waals surface area contributed by atoms with Gasteiger partial charge in [0.2, 0.25) is 0 Å². The lowest BCUT2D eigenvalue weighted by Crippen LogP contribution is -2.69. The van der Waals surface area contributed by atoms with Gasteiger partial charge in [0.1, 0.15) is 29.3 Å². The summed E-state index contributed by atoms with van der Waals surface area (Å²) in [5.41, 5.74) is 1.37. The predicted octanol–water partition coefficient (Wildman–Crippen LogP) is -1.91. The molecule has 2 fully saturated rings. The summed E-state index contributed by atoms with van der Waals surface area (Å²) < 4.78 is 0. The van der Waals surface area contributed by atoms with Crippen LogP contribution in [0.2, 0.25) is 0 Å². The average Bonchev–Trinajstić information content (AvgIpc) is 2.42. The highest BCUT2D eigenvalue weighted by molar-refractivity contribution is 7.99. The molecule has 124 valence electrons. The summed E-state index contributed by atoms with van der Waals surface area (Å²) in [5.74, 6) is 0.848. The molecule has 0 aliphatic carbocycles. The largest absolute Gasteiger partial charge is 0.314 e. The molecule has 2 heterocycles. The minimum atomic E-state index is -0.440. The number of hydroxylamine groups is 1. The molecule has 0 radical (unpaired) electrons. The van der Waals surface area contributed by atoms with Gasteiger partial charge in [0, 0.05) is 12.3 Å². The zero-order valence-corrected chi connectivity index (χ0v) is 13.8. The van der Waals surface area contributed by atoms with Crippen molar-refractivity contribution in [3.8, 4) is 0 Å². The number of halogens is 2. The number of nitrogens with one attached hydrogen (secondary N) is 8. The molecule has 0 amide bonds. The third kappa shape index (κ3) is 6.29. The van der Waals surface area contributed by atoms with Gasteiger partial charge in [-0.1, -0.05) is 23.2 Å². The van der Waals surface area contributed by atoms with E-state index in [0.717, 1.165) is 12.3 Å². The van der Waals surface area contributed by atoms with Crippen LogP contribution >= 0.6 is 35.0 Å². The lowest BCUT2D eigenvalue weighted by atomic mass is 10.5. The Bertz CT molecular complexity index is 309. The van der Waals surface area contributed by atoms with Gasteiger partial charge in [0.15, 0.2) is 0 Å². The van der Waals surface area contributed by atoms with Crippen LogP contribution in [0.3, 0.4) is 0 Å². The molecule has 2 aliphatic heterocycles. The summed E-state index contributed by atoms with van der Waals surface area (Å²) in [4.78, 5) is 0. The van der Waals surface area contributed by atoms with Crippen LogP contribution in [0.25, 0.3) is 0 Å². The molecule has 2 aliphatic rings. The Morgan fingerprint density at radius 3 is 2.43 bits per heavy atom. The van der Waals surface area contributed by atoms with E-state index in [1.165, 1.54) is 0 Å². The molecule has 9 N–H and O–H groups in total. The highest BCUT2D eigenvalue weighted by atomic mass is 35.5. The smallest absolute Gasteiger partial charge is 0.139 e. The van der Waals surface area contributed by atoms with E-state index >= 15 is 0 Å². The first-order chi connectivity index (χ1) is 10.1. The molecule has 9 nitrogen and oxygen atoms in total. The van der Waals surface area contributed by atoms with Crippen molar-refractivity contribution >= 4 is 35.0 Å². The van der Waals surface area contributed by atoms with Crippen molar-refractivity contribution in [3.05, 3.63) is 0 Å². The van der Waals surface area contributed by atoms with Crippen LogP contribution in [0.1, 0.15) is 6.92 Å². The molecule has 2 rings (SSSR count). The van der Waals surface area contributed by atoms with Crippen molar-refractivity contribution in [2.45, 2.75) is 42.4 Å². The normalized spacial score (nSPS) is 41.1. The molecule has 0 spiro atoms. The molecule has 12 heteroatoms. The van der Waals surface area contributed by atoms with Gasteiger partial charge in [-0.05, 0) is 6.92 Å². The van der Waals surface area contributed by atoms with E-state index in [2.05, 4.69) is 42.7 Å². The Morgan fingerprint density at radius 2 is 1.71 bits per heavy atom. The van der Waals surface area contributed by atoms with Crippen molar-refractivity contribution in [2.24, 2.45) is 0 Å². The van der Waals surface area contributed by atoms with Crippen molar-refractivity contribution in [1.82, 2.24) is 42.7 Å². The molecular formula is C9H22Cl2N8OS. The third-order valence-corrected chi connectivity index (χ3v) is 4.47. The first kappa shape index (κ1) is 17.9. The molecule has 0 saturated carbocycles. The molecule has 21 heavy (non-hydrogen) atoms. The second-order valence-corrected chi connectivity index (χ2v) is 6.73. The first-order valence-corrected chi connectivity index (χ1v) is 8.58. The zero-order valence-electron chi connectivity index (χ0n) is 11.5. The standard InChI is InChI=1S/C9H22Cl2N8OS/c1-4-13-5(10)15-7(14-4)12-2-3-21-9-17-6(11)16-8(18-9)19-20/h4-9,12-20H,2-3H2,1H3. The van der Waals surface area contributed by atoms with E-state index in [1.54, 1.807) is 11.8 Å². The minimum Gasteiger partial charge on any atom is -0.314 e. The van der Waals surface area contributed by atoms with Gasteiger partial charge in [-0.3, -0.25) is 37.2 Å². The van der Waals surface area contributed by atoms with Crippen molar-refractivity contribution in [2.75, 3.05) is 12.3 Å². The summed E-state index contributed by atoms with van der Waals surface area (Å²) in [5, 5.41) is 30.8. The molecule has 6 atom stereocenters. The second-order valence-electron chi connectivity index (χ2n) is 4.65. The van der Waals surface area contributed by atoms with Crippen LogP contribution in [0, 0.1) is 0 Å². The minimum absolute atomic E-state index is 0.0362. The monoisotopic (exact) mass is 360 g/mol. The highest BCUT2D eigenvalue weighted by Crippen LogP contribution is 2.09. The van der Waals surface area contributed by atoms with Crippen LogP contribution in [0.4, 0.5) is 0 Å². The Balaban J connectivity index is 1.61. The van der Waals surface area contributed by atoms with Gasteiger partial charge in [0.05, 0.1) is 6.17 Å². The second kappa shape index (κ2) is 9.01. The third-order valence-electron chi connectivity index (χ3n) is 2.92.